The van der Waals surface area contributed by atoms with Gasteiger partial charge in [0, 0.05) is 24.7 Å². The number of ketones is 1. The van der Waals surface area contributed by atoms with Gasteiger partial charge >= 0.3 is 5.97 Å². The first-order chi connectivity index (χ1) is 13.9. The number of nitrogens with one attached hydrogen (secondary N) is 1. The van der Waals surface area contributed by atoms with Gasteiger partial charge in [-0.25, -0.2) is 9.18 Å². The van der Waals surface area contributed by atoms with Gasteiger partial charge in [-0.1, -0.05) is 12.1 Å². The predicted octanol–water partition coefficient (Wildman–Crippen LogP) is 3.91. The van der Waals surface area contributed by atoms with Crippen molar-refractivity contribution in [3.05, 3.63) is 76.7 Å². The molecule has 0 radical (unpaired) electrons. The first-order valence-corrected chi connectivity index (χ1v) is 9.73. The van der Waals surface area contributed by atoms with E-state index in [0.717, 1.165) is 29.7 Å². The Bertz CT molecular complexity index is 1020. The molecule has 148 valence electrons. The highest BCUT2D eigenvalue weighted by molar-refractivity contribution is 7.80. The molecule has 2 aliphatic rings. The number of thiocarbonyl (C=S) groups is 1. The number of allylic oxidation sites excluding steroid dienone is 1. The van der Waals surface area contributed by atoms with E-state index in [9.17, 15) is 14.0 Å². The second-order valence-corrected chi connectivity index (χ2v) is 7.43. The summed E-state index contributed by atoms with van der Waals surface area (Å²) in [4.78, 5) is 26.7. The molecule has 7 heteroatoms. The fourth-order valence-electron chi connectivity index (χ4n) is 3.67. The van der Waals surface area contributed by atoms with Gasteiger partial charge < -0.3 is 15.0 Å². The average Bonchev–Trinajstić information content (AvgIpc) is 2.72. The molecule has 0 amide bonds. The van der Waals surface area contributed by atoms with E-state index in [1.807, 2.05) is 24.1 Å². The van der Waals surface area contributed by atoms with E-state index in [4.69, 9.17) is 17.0 Å². The molecule has 0 saturated carbocycles. The molecule has 0 fully saturated rings. The number of carbonyl (C=O) groups excluding carboxylic acids is 2. The summed E-state index contributed by atoms with van der Waals surface area (Å²) in [5.74, 6) is -0.489. The van der Waals surface area contributed by atoms with E-state index in [2.05, 4.69) is 5.32 Å². The minimum Gasteiger partial charge on any atom is -0.423 e. The highest BCUT2D eigenvalue weighted by atomic mass is 32.1. The third-order valence-electron chi connectivity index (χ3n) is 5.20. The number of benzene rings is 2. The number of esters is 1. The van der Waals surface area contributed by atoms with Gasteiger partial charge in [-0.3, -0.25) is 4.79 Å². The summed E-state index contributed by atoms with van der Waals surface area (Å²) in [6.07, 6.45) is 2.18. The van der Waals surface area contributed by atoms with Crippen LogP contribution in [0.3, 0.4) is 0 Å². The van der Waals surface area contributed by atoms with Crippen LogP contribution in [0.2, 0.25) is 0 Å². The van der Waals surface area contributed by atoms with Crippen LogP contribution >= 0.6 is 12.2 Å². The van der Waals surface area contributed by atoms with Crippen molar-refractivity contribution in [3.8, 4) is 5.75 Å². The Kier molecular flexibility index (Phi) is 5.15. The summed E-state index contributed by atoms with van der Waals surface area (Å²) in [5.41, 5.74) is 2.86. The van der Waals surface area contributed by atoms with Crippen LogP contribution in [0.25, 0.3) is 0 Å². The third-order valence-corrected chi connectivity index (χ3v) is 5.59. The lowest BCUT2D eigenvalue weighted by molar-refractivity contribution is -0.116. The average molecular weight is 410 g/mol. The molecule has 5 nitrogen and oxygen atoms in total. The van der Waals surface area contributed by atoms with Crippen LogP contribution in [-0.4, -0.2) is 28.8 Å². The van der Waals surface area contributed by atoms with Crippen molar-refractivity contribution in [1.82, 2.24) is 10.2 Å². The first-order valence-electron chi connectivity index (χ1n) is 9.32. The zero-order valence-electron chi connectivity index (χ0n) is 15.8. The molecule has 1 atom stereocenters. The molecule has 0 bridgehead atoms. The van der Waals surface area contributed by atoms with E-state index in [1.165, 1.54) is 24.3 Å². The molecule has 4 rings (SSSR count). The molecule has 1 heterocycles. The molecule has 1 unspecified atom stereocenters. The Labute approximate surface area is 173 Å². The first kappa shape index (κ1) is 19.3. The van der Waals surface area contributed by atoms with E-state index in [-0.39, 0.29) is 17.4 Å². The summed E-state index contributed by atoms with van der Waals surface area (Å²) >= 11 is 5.43. The lowest BCUT2D eigenvalue weighted by atomic mass is 9.85. The van der Waals surface area contributed by atoms with Gasteiger partial charge in [-0.2, -0.15) is 0 Å². The number of hydrogen-bond donors (Lipinski definition) is 1. The number of Topliss-reactive ketones (excluding diaryl/α,β-unsaturated/α-hetero) is 1. The molecule has 0 aromatic heterocycles. The Morgan fingerprint density at radius 2 is 1.83 bits per heavy atom. The van der Waals surface area contributed by atoms with Gasteiger partial charge in [0.1, 0.15) is 11.6 Å². The Balaban J connectivity index is 1.56. The van der Waals surface area contributed by atoms with Crippen molar-refractivity contribution in [2.24, 2.45) is 0 Å². The Morgan fingerprint density at radius 3 is 2.52 bits per heavy atom. The van der Waals surface area contributed by atoms with Gasteiger partial charge in [0.15, 0.2) is 10.9 Å². The summed E-state index contributed by atoms with van der Waals surface area (Å²) in [5, 5.41) is 3.82. The van der Waals surface area contributed by atoms with Crippen molar-refractivity contribution in [3.63, 3.8) is 0 Å². The predicted molar refractivity (Wildman–Crippen MR) is 110 cm³/mol. The van der Waals surface area contributed by atoms with E-state index in [0.29, 0.717) is 17.3 Å². The minimum absolute atomic E-state index is 0.130. The lowest BCUT2D eigenvalue weighted by Crippen LogP contribution is -2.47. The van der Waals surface area contributed by atoms with Gasteiger partial charge in [0.25, 0.3) is 0 Å². The van der Waals surface area contributed by atoms with Crippen LogP contribution in [0, 0.1) is 5.82 Å². The number of nitrogens with zero attached hydrogens (tertiary/aromatic N) is 1. The van der Waals surface area contributed by atoms with Gasteiger partial charge in [-0.05, 0) is 67.0 Å². The van der Waals surface area contributed by atoms with Gasteiger partial charge in [0.05, 0.1) is 11.6 Å². The zero-order valence-corrected chi connectivity index (χ0v) is 16.6. The molecule has 1 N–H and O–H groups in total. The molecule has 1 aliphatic carbocycles. The van der Waals surface area contributed by atoms with Crippen molar-refractivity contribution in [2.45, 2.75) is 25.3 Å². The van der Waals surface area contributed by atoms with Crippen molar-refractivity contribution in [1.29, 1.82) is 0 Å². The zero-order chi connectivity index (χ0) is 20.5. The molecule has 2 aromatic carbocycles. The second-order valence-electron chi connectivity index (χ2n) is 7.04. The number of hydrogen-bond acceptors (Lipinski definition) is 4. The molecule has 0 saturated heterocycles. The van der Waals surface area contributed by atoms with E-state index < -0.39 is 11.8 Å². The van der Waals surface area contributed by atoms with Crippen LogP contribution < -0.4 is 10.1 Å². The van der Waals surface area contributed by atoms with E-state index >= 15 is 0 Å². The molecule has 29 heavy (non-hydrogen) atoms. The summed E-state index contributed by atoms with van der Waals surface area (Å²) in [6, 6.07) is 11.8. The van der Waals surface area contributed by atoms with Crippen LogP contribution in [0.15, 0.2) is 59.8 Å². The molecular weight excluding hydrogens is 391 g/mol. The normalized spacial score (nSPS) is 19.0. The monoisotopic (exact) mass is 410 g/mol. The highest BCUT2D eigenvalue weighted by Gasteiger charge is 2.35. The van der Waals surface area contributed by atoms with Crippen molar-refractivity contribution < 1.29 is 18.7 Å². The fraction of sp³-hybridized carbons (Fsp3) is 0.227. The summed E-state index contributed by atoms with van der Waals surface area (Å²) in [6.45, 7) is 0. The second kappa shape index (κ2) is 7.75. The Hall–Kier alpha value is -3.06. The third kappa shape index (κ3) is 3.78. The fourth-order valence-corrected chi connectivity index (χ4v) is 3.90. The quantitative estimate of drug-likeness (QED) is 0.470. The molecule has 2 aromatic rings. The van der Waals surface area contributed by atoms with Gasteiger partial charge in [0.2, 0.25) is 0 Å². The largest absolute Gasteiger partial charge is 0.423 e. The van der Waals surface area contributed by atoms with Gasteiger partial charge in [-0.15, -0.1) is 0 Å². The summed E-state index contributed by atoms with van der Waals surface area (Å²) in [7, 11) is 1.87. The maximum absolute atomic E-state index is 13.0. The van der Waals surface area contributed by atoms with Crippen LogP contribution in [0.5, 0.6) is 5.75 Å². The number of halogens is 1. The highest BCUT2D eigenvalue weighted by Crippen LogP contribution is 2.37. The molecule has 0 spiro atoms. The SMILES string of the molecule is CN1C(=S)NC(c2ccc(OC(=O)c3ccc(F)cc3)cc2)C2=C1CCCC2=O. The topological polar surface area (TPSA) is 58.6 Å². The number of rotatable bonds is 3. The van der Waals surface area contributed by atoms with Crippen LogP contribution in [0.4, 0.5) is 4.39 Å². The molecule has 1 aliphatic heterocycles. The standard InChI is InChI=1S/C22H19FN2O3S/c1-25-17-3-2-4-18(26)19(17)20(24-22(25)29)13-7-11-16(12-8-13)28-21(27)14-5-9-15(23)10-6-14/h5-12,20H,2-4H2,1H3,(H,24,29). The maximum Gasteiger partial charge on any atom is 0.343 e. The lowest BCUT2D eigenvalue weighted by Gasteiger charge is -2.39. The number of ether oxygens (including phenoxy) is 1. The number of carbonyl (C=O) groups is 2. The Morgan fingerprint density at radius 1 is 1.14 bits per heavy atom. The van der Waals surface area contributed by atoms with Crippen molar-refractivity contribution in [2.75, 3.05) is 7.05 Å². The molecular formula is C22H19FN2O3S. The van der Waals surface area contributed by atoms with Crippen LogP contribution in [0.1, 0.15) is 41.2 Å². The smallest absolute Gasteiger partial charge is 0.343 e. The minimum atomic E-state index is -0.566. The van der Waals surface area contributed by atoms with Crippen LogP contribution in [-0.2, 0) is 4.79 Å². The van der Waals surface area contributed by atoms with E-state index in [1.54, 1.807) is 12.1 Å². The summed E-state index contributed by atoms with van der Waals surface area (Å²) < 4.78 is 18.4. The maximum atomic E-state index is 13.0. The van der Waals surface area contributed by atoms with Crippen molar-refractivity contribution >= 4 is 29.1 Å².